The first kappa shape index (κ1) is 31.5. The summed E-state index contributed by atoms with van der Waals surface area (Å²) in [6.45, 7) is 0. The Labute approximate surface area is 325 Å². The summed E-state index contributed by atoms with van der Waals surface area (Å²) in [5, 5.41) is 6.62. The molecule has 0 unspecified atom stereocenters. The molecule has 4 aromatic heterocycles. The number of benzene rings is 8. The largest absolute Gasteiger partial charge is 0.456 e. The maximum absolute atomic E-state index is 6.76. The van der Waals surface area contributed by atoms with Crippen molar-refractivity contribution in [2.75, 3.05) is 0 Å². The highest BCUT2D eigenvalue weighted by atomic mass is 16.3. The highest BCUT2D eigenvalue weighted by molar-refractivity contribution is 6.16. The summed E-state index contributed by atoms with van der Waals surface area (Å²) in [6.07, 6.45) is 0. The average Bonchev–Trinajstić information content (AvgIpc) is 3.96. The Balaban J connectivity index is 0.987. The highest BCUT2D eigenvalue weighted by Crippen LogP contribution is 2.42. The molecule has 12 aromatic rings. The van der Waals surface area contributed by atoms with Crippen molar-refractivity contribution in [3.63, 3.8) is 0 Å². The molecule has 0 spiro atoms. The molecule has 4 heterocycles. The van der Waals surface area contributed by atoms with Gasteiger partial charge in [0, 0.05) is 49.2 Å². The van der Waals surface area contributed by atoms with Crippen molar-refractivity contribution in [3.8, 4) is 51.0 Å². The second-order valence-corrected chi connectivity index (χ2v) is 14.4. The lowest BCUT2D eigenvalue weighted by Gasteiger charge is -2.09. The van der Waals surface area contributed by atoms with E-state index in [1.807, 2.05) is 72.8 Å². The molecular weight excluding hydrogens is 701 g/mol. The van der Waals surface area contributed by atoms with Gasteiger partial charge in [0.05, 0.1) is 22.1 Å². The van der Waals surface area contributed by atoms with E-state index in [4.69, 9.17) is 23.8 Å². The Morgan fingerprint density at radius 2 is 0.947 bits per heavy atom. The van der Waals surface area contributed by atoms with Gasteiger partial charge in [0.25, 0.3) is 0 Å². The van der Waals surface area contributed by atoms with Crippen molar-refractivity contribution < 1.29 is 8.83 Å². The Morgan fingerprint density at radius 3 is 1.65 bits per heavy atom. The molecule has 0 aliphatic carbocycles. The van der Waals surface area contributed by atoms with Crippen LogP contribution in [0.5, 0.6) is 0 Å². The molecule has 0 aliphatic heterocycles. The Kier molecular flexibility index (Phi) is 6.83. The smallest absolute Gasteiger partial charge is 0.164 e. The molecule has 6 nitrogen and oxygen atoms in total. The van der Waals surface area contributed by atoms with Gasteiger partial charge in [-0.25, -0.2) is 15.0 Å². The van der Waals surface area contributed by atoms with Gasteiger partial charge in [-0.2, -0.15) is 0 Å². The number of aromatic nitrogens is 4. The molecule has 266 valence electrons. The molecule has 0 amide bonds. The first-order chi connectivity index (χ1) is 28.2. The summed E-state index contributed by atoms with van der Waals surface area (Å²) in [6, 6.07) is 62.6. The third-order valence-electron chi connectivity index (χ3n) is 11.1. The summed E-state index contributed by atoms with van der Waals surface area (Å²) < 4.78 is 15.6. The number of hydrogen-bond acceptors (Lipinski definition) is 5. The van der Waals surface area contributed by atoms with Crippen LogP contribution in [0, 0.1) is 0 Å². The number of rotatable bonds is 5. The van der Waals surface area contributed by atoms with E-state index < -0.39 is 0 Å². The van der Waals surface area contributed by atoms with E-state index in [0.717, 1.165) is 77.4 Å². The molecule has 6 heteroatoms. The third kappa shape index (κ3) is 4.94. The van der Waals surface area contributed by atoms with Gasteiger partial charge in [-0.1, -0.05) is 127 Å². The molecule has 0 aliphatic rings. The molecule has 57 heavy (non-hydrogen) atoms. The second-order valence-electron chi connectivity index (χ2n) is 14.4. The van der Waals surface area contributed by atoms with E-state index in [0.29, 0.717) is 17.5 Å². The van der Waals surface area contributed by atoms with Gasteiger partial charge in [-0.15, -0.1) is 0 Å². The standard InChI is InChI=1S/C51H30N4O2/c1-3-13-31(14-4-1)49-52-50(32-15-5-2-6-16-32)54-51(53-49)34-26-28-44-40(29-34)38-27-25-33(30-46(38)56-44)35-19-11-20-39-47-43(23-12-24-45(47)57-48(35)39)55-41-21-9-7-17-36(41)37-18-8-10-22-42(37)55/h1-30H. The van der Waals surface area contributed by atoms with Crippen molar-refractivity contribution in [1.82, 2.24) is 19.5 Å². The number of fused-ring (bicyclic) bond motifs is 9. The summed E-state index contributed by atoms with van der Waals surface area (Å²) >= 11 is 0. The van der Waals surface area contributed by atoms with Crippen LogP contribution in [0.4, 0.5) is 0 Å². The minimum Gasteiger partial charge on any atom is -0.456 e. The zero-order valence-electron chi connectivity index (χ0n) is 30.4. The zero-order valence-corrected chi connectivity index (χ0v) is 30.4. The van der Waals surface area contributed by atoms with E-state index in [1.165, 1.54) is 21.8 Å². The van der Waals surface area contributed by atoms with Gasteiger partial charge >= 0.3 is 0 Å². The monoisotopic (exact) mass is 730 g/mol. The van der Waals surface area contributed by atoms with Crippen molar-refractivity contribution in [3.05, 3.63) is 182 Å². The summed E-state index contributed by atoms with van der Waals surface area (Å²) in [5.41, 5.74) is 11.5. The molecule has 12 rings (SSSR count). The molecule has 0 saturated carbocycles. The Morgan fingerprint density at radius 1 is 0.351 bits per heavy atom. The van der Waals surface area contributed by atoms with E-state index >= 15 is 0 Å². The lowest BCUT2D eigenvalue weighted by molar-refractivity contribution is 0.668. The SMILES string of the molecule is c1ccc(-c2nc(-c3ccccc3)nc(-c3ccc4oc5cc(-c6cccc7c6oc6cccc(-n8c9ccccc9c9ccccc98)c67)ccc5c4c3)n2)cc1. The van der Waals surface area contributed by atoms with E-state index in [-0.39, 0.29) is 0 Å². The Bertz CT molecular complexity index is 3410. The van der Waals surface area contributed by atoms with E-state index in [9.17, 15) is 0 Å². The first-order valence-corrected chi connectivity index (χ1v) is 19.0. The molecule has 0 bridgehead atoms. The number of hydrogen-bond donors (Lipinski definition) is 0. The van der Waals surface area contributed by atoms with Gasteiger partial charge in [-0.3, -0.25) is 0 Å². The molecular formula is C51H30N4O2. The van der Waals surface area contributed by atoms with Crippen molar-refractivity contribution in [1.29, 1.82) is 0 Å². The maximum Gasteiger partial charge on any atom is 0.164 e. The first-order valence-electron chi connectivity index (χ1n) is 19.0. The molecule has 0 fully saturated rings. The lowest BCUT2D eigenvalue weighted by atomic mass is 10.00. The summed E-state index contributed by atoms with van der Waals surface area (Å²) in [5.74, 6) is 1.86. The quantitative estimate of drug-likeness (QED) is 0.176. The van der Waals surface area contributed by atoms with Crippen LogP contribution in [0.25, 0.3) is 117 Å². The van der Waals surface area contributed by atoms with Gasteiger partial charge in [0.1, 0.15) is 22.3 Å². The minimum absolute atomic E-state index is 0.604. The van der Waals surface area contributed by atoms with E-state index in [2.05, 4.69) is 114 Å². The topological polar surface area (TPSA) is 69.9 Å². The fourth-order valence-corrected chi connectivity index (χ4v) is 8.45. The average molecular weight is 731 g/mol. The molecule has 0 radical (unpaired) electrons. The predicted octanol–water partition coefficient (Wildman–Crippen LogP) is 13.4. The Hall–Kier alpha value is -7.83. The molecule has 0 saturated heterocycles. The van der Waals surface area contributed by atoms with Crippen LogP contribution >= 0.6 is 0 Å². The van der Waals surface area contributed by atoms with Crippen LogP contribution in [-0.4, -0.2) is 19.5 Å². The third-order valence-corrected chi connectivity index (χ3v) is 11.1. The summed E-state index contributed by atoms with van der Waals surface area (Å²) in [4.78, 5) is 14.8. The predicted molar refractivity (Wildman–Crippen MR) is 230 cm³/mol. The minimum atomic E-state index is 0.604. The fourth-order valence-electron chi connectivity index (χ4n) is 8.45. The van der Waals surface area contributed by atoms with Crippen molar-refractivity contribution in [2.45, 2.75) is 0 Å². The second kappa shape index (κ2) is 12.3. The molecule has 8 aromatic carbocycles. The van der Waals surface area contributed by atoms with Crippen LogP contribution in [-0.2, 0) is 0 Å². The van der Waals surface area contributed by atoms with Crippen LogP contribution < -0.4 is 0 Å². The molecule has 0 atom stereocenters. The number of nitrogens with zero attached hydrogens (tertiary/aromatic N) is 4. The maximum atomic E-state index is 6.76. The van der Waals surface area contributed by atoms with Gasteiger partial charge in [0.15, 0.2) is 17.5 Å². The van der Waals surface area contributed by atoms with E-state index in [1.54, 1.807) is 0 Å². The van der Waals surface area contributed by atoms with Crippen LogP contribution in [0.15, 0.2) is 191 Å². The highest BCUT2D eigenvalue weighted by Gasteiger charge is 2.20. The van der Waals surface area contributed by atoms with Crippen LogP contribution in [0.2, 0.25) is 0 Å². The van der Waals surface area contributed by atoms with Crippen molar-refractivity contribution >= 4 is 65.7 Å². The molecule has 0 N–H and O–H groups in total. The number of furan rings is 2. The van der Waals surface area contributed by atoms with Gasteiger partial charge < -0.3 is 13.4 Å². The van der Waals surface area contributed by atoms with Gasteiger partial charge in [-0.05, 0) is 60.2 Å². The zero-order chi connectivity index (χ0) is 37.5. The van der Waals surface area contributed by atoms with Crippen LogP contribution in [0.3, 0.4) is 0 Å². The van der Waals surface area contributed by atoms with Gasteiger partial charge in [0.2, 0.25) is 0 Å². The fraction of sp³-hybridized carbons (Fsp3) is 0. The number of para-hydroxylation sites is 3. The van der Waals surface area contributed by atoms with Crippen LogP contribution in [0.1, 0.15) is 0 Å². The summed E-state index contributed by atoms with van der Waals surface area (Å²) in [7, 11) is 0. The lowest BCUT2D eigenvalue weighted by Crippen LogP contribution is -2.00. The van der Waals surface area contributed by atoms with Crippen molar-refractivity contribution in [2.24, 2.45) is 0 Å². The normalized spacial score (nSPS) is 11.9.